The number of nitrogens with two attached hydrogens (primary N) is 1. The highest BCUT2D eigenvalue weighted by molar-refractivity contribution is 14.0. The first kappa shape index (κ1) is 28.4. The normalized spacial score (nSPS) is 10.7. The van der Waals surface area contributed by atoms with Gasteiger partial charge < -0.3 is 10.6 Å². The van der Waals surface area contributed by atoms with E-state index < -0.39 is 6.03 Å². The van der Waals surface area contributed by atoms with Gasteiger partial charge in [-0.2, -0.15) is 0 Å². The average molecular weight is 612 g/mol. The van der Waals surface area contributed by atoms with E-state index in [0.29, 0.717) is 6.54 Å². The van der Waals surface area contributed by atoms with Crippen LogP contribution in [0.25, 0.3) is 0 Å². The van der Waals surface area contributed by atoms with E-state index in [4.69, 9.17) is 28.9 Å². The van der Waals surface area contributed by atoms with Gasteiger partial charge in [0.25, 0.3) is 0 Å². The number of urea groups is 1. The van der Waals surface area contributed by atoms with Crippen molar-refractivity contribution in [3.63, 3.8) is 0 Å². The van der Waals surface area contributed by atoms with Crippen molar-refractivity contribution >= 4 is 58.9 Å². The lowest BCUT2D eigenvalue weighted by Gasteiger charge is -2.25. The zero-order chi connectivity index (χ0) is 23.5. The van der Waals surface area contributed by atoms with Gasteiger partial charge in [-0.3, -0.25) is 4.90 Å². The fourth-order valence-electron chi connectivity index (χ4n) is 3.89. The third-order valence-electron chi connectivity index (χ3n) is 5.70. The van der Waals surface area contributed by atoms with Gasteiger partial charge in [0, 0.05) is 28.8 Å². The van der Waals surface area contributed by atoms with Crippen molar-refractivity contribution < 1.29 is 4.79 Å². The Morgan fingerprint density at radius 2 is 1.38 bits per heavy atom. The van der Waals surface area contributed by atoms with Crippen molar-refractivity contribution in [1.82, 2.24) is 4.90 Å². The maximum absolute atomic E-state index is 12.0. The van der Waals surface area contributed by atoms with E-state index in [-0.39, 0.29) is 24.0 Å². The number of para-hydroxylation sites is 1. The average Bonchev–Trinajstić information content (AvgIpc) is 2.82. The number of amides is 2. The lowest BCUT2D eigenvalue weighted by Crippen LogP contribution is -2.38. The molecule has 0 aliphatic rings. The number of aryl methyl sites for hydroxylation is 1. The van der Waals surface area contributed by atoms with Crippen LogP contribution in [0.1, 0.15) is 24.0 Å². The molecule has 34 heavy (non-hydrogen) atoms. The molecular weight excluding hydrogens is 580 g/mol. The second-order valence-electron chi connectivity index (χ2n) is 8.09. The molecule has 0 unspecified atom stereocenters. The van der Waals surface area contributed by atoms with E-state index in [0.717, 1.165) is 61.1 Å². The quantitative estimate of drug-likeness (QED) is 0.223. The van der Waals surface area contributed by atoms with Gasteiger partial charge in [0.05, 0.1) is 0 Å². The first-order valence-electron chi connectivity index (χ1n) is 11.3. The highest BCUT2D eigenvalue weighted by Crippen LogP contribution is 2.18. The Balaban J connectivity index is 0.00000408. The molecule has 0 aliphatic heterocycles. The monoisotopic (exact) mass is 611 g/mol. The van der Waals surface area contributed by atoms with Crippen LogP contribution >= 0.6 is 47.2 Å². The standard InChI is InChI=1S/C27H31Cl2N3O.HI/c28-24-15-13-22(14-16-24)17-21-31(18-6-9-23-8-4-5-12-26(23)29)19-7-20-32(27(30)33)25-10-2-1-3-11-25;/h1-5,8,10-16H,6-7,9,17-21H2,(H2,30,33);1H. The second-order valence-corrected chi connectivity index (χ2v) is 8.94. The summed E-state index contributed by atoms with van der Waals surface area (Å²) in [5, 5.41) is 1.58. The summed E-state index contributed by atoms with van der Waals surface area (Å²) in [7, 11) is 0. The molecule has 0 saturated carbocycles. The first-order chi connectivity index (χ1) is 16.0. The summed E-state index contributed by atoms with van der Waals surface area (Å²) in [6, 6.07) is 25.2. The largest absolute Gasteiger partial charge is 0.351 e. The minimum Gasteiger partial charge on any atom is -0.351 e. The Hall–Kier alpha value is -1.80. The fraction of sp³-hybridized carbons (Fsp3) is 0.296. The van der Waals surface area contributed by atoms with Crippen LogP contribution in [0.2, 0.25) is 10.0 Å². The Bertz CT molecular complexity index is 1000. The lowest BCUT2D eigenvalue weighted by atomic mass is 10.1. The number of anilines is 1. The number of primary amides is 1. The third kappa shape index (κ3) is 9.45. The summed E-state index contributed by atoms with van der Waals surface area (Å²) in [5.41, 5.74) is 8.92. The molecule has 0 spiro atoms. The van der Waals surface area contributed by atoms with Crippen LogP contribution in [0.15, 0.2) is 78.9 Å². The summed E-state index contributed by atoms with van der Waals surface area (Å²) >= 11 is 12.4. The minimum absolute atomic E-state index is 0. The van der Waals surface area contributed by atoms with Crippen molar-refractivity contribution in [3.8, 4) is 0 Å². The van der Waals surface area contributed by atoms with E-state index in [1.807, 2.05) is 60.7 Å². The topological polar surface area (TPSA) is 49.6 Å². The summed E-state index contributed by atoms with van der Waals surface area (Å²) in [4.78, 5) is 16.1. The number of hydrogen-bond donors (Lipinski definition) is 1. The number of benzene rings is 3. The van der Waals surface area contributed by atoms with Gasteiger partial charge >= 0.3 is 6.03 Å². The third-order valence-corrected chi connectivity index (χ3v) is 6.32. The van der Waals surface area contributed by atoms with Crippen molar-refractivity contribution in [2.75, 3.05) is 31.1 Å². The second kappa shape index (κ2) is 15.2. The zero-order valence-electron chi connectivity index (χ0n) is 19.2. The van der Waals surface area contributed by atoms with Gasteiger partial charge in [-0.05, 0) is 80.2 Å². The van der Waals surface area contributed by atoms with E-state index in [9.17, 15) is 4.79 Å². The number of nitrogens with zero attached hydrogens (tertiary/aromatic N) is 2. The minimum atomic E-state index is -0.423. The van der Waals surface area contributed by atoms with Crippen molar-refractivity contribution in [3.05, 3.63) is 100 Å². The highest BCUT2D eigenvalue weighted by Gasteiger charge is 2.13. The van der Waals surface area contributed by atoms with Gasteiger partial charge in [-0.15, -0.1) is 24.0 Å². The molecule has 4 nitrogen and oxygen atoms in total. The smallest absolute Gasteiger partial charge is 0.319 e. The van der Waals surface area contributed by atoms with E-state index in [2.05, 4.69) is 23.1 Å². The van der Waals surface area contributed by atoms with Gasteiger partial charge in [0.2, 0.25) is 0 Å². The molecule has 0 heterocycles. The molecule has 7 heteroatoms. The number of rotatable bonds is 12. The maximum atomic E-state index is 12.0. The molecule has 0 radical (unpaired) electrons. The van der Waals surface area contributed by atoms with E-state index in [1.165, 1.54) is 11.1 Å². The van der Waals surface area contributed by atoms with Crippen molar-refractivity contribution in [1.29, 1.82) is 0 Å². The summed E-state index contributed by atoms with van der Waals surface area (Å²) in [6.07, 6.45) is 3.74. The molecule has 0 atom stereocenters. The van der Waals surface area contributed by atoms with Crippen LogP contribution in [0.3, 0.4) is 0 Å². The van der Waals surface area contributed by atoms with Crippen LogP contribution < -0.4 is 10.6 Å². The Morgan fingerprint density at radius 3 is 2.06 bits per heavy atom. The SMILES string of the molecule is I.NC(=O)N(CCCN(CCCc1ccccc1Cl)CCc1ccc(Cl)cc1)c1ccccc1. The number of hydrogen-bond acceptors (Lipinski definition) is 2. The van der Waals surface area contributed by atoms with Crippen LogP contribution in [0.4, 0.5) is 10.5 Å². The number of carbonyl (C=O) groups excluding carboxylic acids is 1. The molecule has 2 N–H and O–H groups in total. The molecular formula is C27H32Cl2IN3O. The Morgan fingerprint density at radius 1 is 0.735 bits per heavy atom. The van der Waals surface area contributed by atoms with Gasteiger partial charge in [-0.25, -0.2) is 4.79 Å². The van der Waals surface area contributed by atoms with Crippen molar-refractivity contribution in [2.24, 2.45) is 5.73 Å². The zero-order valence-corrected chi connectivity index (χ0v) is 23.0. The highest BCUT2D eigenvalue weighted by atomic mass is 127. The van der Waals surface area contributed by atoms with Gasteiger partial charge in [0.15, 0.2) is 0 Å². The molecule has 0 bridgehead atoms. The summed E-state index contributed by atoms with van der Waals surface area (Å²) < 4.78 is 0. The molecule has 3 aromatic rings. The van der Waals surface area contributed by atoms with Crippen LogP contribution in [-0.4, -0.2) is 37.1 Å². The van der Waals surface area contributed by atoms with E-state index >= 15 is 0 Å². The van der Waals surface area contributed by atoms with Gasteiger partial charge in [-0.1, -0.05) is 71.7 Å². The maximum Gasteiger partial charge on any atom is 0.319 e. The lowest BCUT2D eigenvalue weighted by molar-refractivity contribution is 0.251. The number of halogens is 3. The predicted molar refractivity (Wildman–Crippen MR) is 155 cm³/mol. The van der Waals surface area contributed by atoms with Crippen LogP contribution in [-0.2, 0) is 12.8 Å². The number of carbonyl (C=O) groups is 1. The molecule has 3 rings (SSSR count). The molecule has 0 aromatic heterocycles. The van der Waals surface area contributed by atoms with Gasteiger partial charge in [0.1, 0.15) is 0 Å². The van der Waals surface area contributed by atoms with Crippen molar-refractivity contribution in [2.45, 2.75) is 25.7 Å². The Kier molecular flexibility index (Phi) is 12.8. The summed E-state index contributed by atoms with van der Waals surface area (Å²) in [5.74, 6) is 0. The Labute approximate surface area is 230 Å². The molecule has 2 amide bonds. The molecule has 182 valence electrons. The van der Waals surface area contributed by atoms with E-state index in [1.54, 1.807) is 4.90 Å². The van der Waals surface area contributed by atoms with Crippen LogP contribution in [0, 0.1) is 0 Å². The fourth-order valence-corrected chi connectivity index (χ4v) is 4.25. The summed E-state index contributed by atoms with van der Waals surface area (Å²) in [6.45, 7) is 3.36. The molecule has 3 aromatic carbocycles. The molecule has 0 saturated heterocycles. The molecule has 0 fully saturated rings. The van der Waals surface area contributed by atoms with Crippen LogP contribution in [0.5, 0.6) is 0 Å². The first-order valence-corrected chi connectivity index (χ1v) is 12.1. The predicted octanol–water partition coefficient (Wildman–Crippen LogP) is 7.06. The molecule has 0 aliphatic carbocycles.